The topological polar surface area (TPSA) is 72.9 Å². The van der Waals surface area contributed by atoms with Gasteiger partial charge in [0.05, 0.1) is 18.2 Å². The van der Waals surface area contributed by atoms with Gasteiger partial charge in [-0.05, 0) is 26.2 Å². The largest absolute Gasteiger partial charge is 0.388 e. The second kappa shape index (κ2) is 5.36. The van der Waals surface area contributed by atoms with Crippen LogP contribution in [-0.4, -0.2) is 65.2 Å². The molecule has 19 heavy (non-hydrogen) atoms. The van der Waals surface area contributed by atoms with Crippen molar-refractivity contribution in [2.24, 2.45) is 0 Å². The maximum absolute atomic E-state index is 12.0. The molecule has 1 atom stereocenters. The highest BCUT2D eigenvalue weighted by molar-refractivity contribution is 5.81. The van der Waals surface area contributed by atoms with Gasteiger partial charge < -0.3 is 20.2 Å². The van der Waals surface area contributed by atoms with E-state index in [1.54, 1.807) is 11.9 Å². The van der Waals surface area contributed by atoms with Crippen LogP contribution in [0.4, 0.5) is 4.79 Å². The molecule has 1 heterocycles. The number of rotatable bonds is 4. The van der Waals surface area contributed by atoms with E-state index in [1.165, 1.54) is 4.90 Å². The van der Waals surface area contributed by atoms with Crippen LogP contribution in [0.15, 0.2) is 0 Å². The molecule has 2 rings (SSSR count). The molecule has 2 aliphatic rings. The first-order valence-corrected chi connectivity index (χ1v) is 6.95. The summed E-state index contributed by atoms with van der Waals surface area (Å²) in [6.07, 6.45) is 2.92. The first kappa shape index (κ1) is 14.1. The van der Waals surface area contributed by atoms with Crippen LogP contribution in [0.1, 0.15) is 32.6 Å². The zero-order valence-electron chi connectivity index (χ0n) is 11.7. The van der Waals surface area contributed by atoms with Crippen LogP contribution in [0.3, 0.4) is 0 Å². The molecule has 1 aliphatic heterocycles. The average molecular weight is 269 g/mol. The van der Waals surface area contributed by atoms with Crippen molar-refractivity contribution in [2.45, 2.75) is 44.2 Å². The number of hydrogen-bond acceptors (Lipinski definition) is 3. The lowest BCUT2D eigenvalue weighted by molar-refractivity contribution is -0.127. The third-order valence-electron chi connectivity index (χ3n) is 4.09. The molecule has 1 aliphatic carbocycles. The van der Waals surface area contributed by atoms with Gasteiger partial charge in [0.1, 0.15) is 0 Å². The Kier molecular flexibility index (Phi) is 3.99. The summed E-state index contributed by atoms with van der Waals surface area (Å²) < 4.78 is 0. The maximum atomic E-state index is 12.0. The van der Waals surface area contributed by atoms with Gasteiger partial charge in [-0.15, -0.1) is 0 Å². The lowest BCUT2D eigenvalue weighted by Crippen LogP contribution is -2.52. The summed E-state index contributed by atoms with van der Waals surface area (Å²) in [6.45, 7) is 3.55. The van der Waals surface area contributed by atoms with Crippen molar-refractivity contribution in [3.05, 3.63) is 0 Å². The zero-order chi connectivity index (χ0) is 14.0. The fourth-order valence-corrected chi connectivity index (χ4v) is 2.72. The molecular formula is C13H23N3O3. The van der Waals surface area contributed by atoms with Crippen LogP contribution in [0, 0.1) is 0 Å². The Bertz CT molecular complexity index is 368. The second-order valence-corrected chi connectivity index (χ2v) is 5.72. The first-order chi connectivity index (χ1) is 8.93. The van der Waals surface area contributed by atoms with Gasteiger partial charge in [-0.25, -0.2) is 4.79 Å². The molecule has 0 aromatic rings. The number of amides is 3. The second-order valence-electron chi connectivity index (χ2n) is 5.72. The van der Waals surface area contributed by atoms with E-state index in [9.17, 15) is 14.7 Å². The Labute approximate surface area is 113 Å². The minimum atomic E-state index is -0.701. The predicted octanol–water partition coefficient (Wildman–Crippen LogP) is 0.164. The van der Waals surface area contributed by atoms with Gasteiger partial charge in [-0.2, -0.15) is 0 Å². The quantitative estimate of drug-likeness (QED) is 0.764. The van der Waals surface area contributed by atoms with Crippen molar-refractivity contribution < 1.29 is 14.7 Å². The summed E-state index contributed by atoms with van der Waals surface area (Å²) in [5, 5.41) is 12.9. The molecular weight excluding hydrogens is 246 g/mol. The number of likely N-dealkylation sites (tertiary alicyclic amines) is 1. The molecule has 0 bridgehead atoms. The van der Waals surface area contributed by atoms with Crippen LogP contribution in [0.5, 0.6) is 0 Å². The third kappa shape index (κ3) is 3.18. The fraction of sp³-hybridized carbons (Fsp3) is 0.846. The minimum absolute atomic E-state index is 0.0908. The molecule has 0 spiro atoms. The zero-order valence-corrected chi connectivity index (χ0v) is 11.7. The lowest BCUT2D eigenvalue weighted by Gasteiger charge is -2.39. The van der Waals surface area contributed by atoms with Crippen molar-refractivity contribution in [3.8, 4) is 0 Å². The molecule has 108 valence electrons. The molecule has 1 saturated carbocycles. The number of hydrogen-bond donors (Lipinski definition) is 2. The van der Waals surface area contributed by atoms with Crippen molar-refractivity contribution >= 4 is 11.9 Å². The van der Waals surface area contributed by atoms with E-state index in [0.717, 1.165) is 19.3 Å². The van der Waals surface area contributed by atoms with Crippen molar-refractivity contribution in [2.75, 3.05) is 26.7 Å². The highest BCUT2D eigenvalue weighted by Crippen LogP contribution is 2.31. The van der Waals surface area contributed by atoms with E-state index in [2.05, 4.69) is 5.32 Å². The Morgan fingerprint density at radius 3 is 2.74 bits per heavy atom. The van der Waals surface area contributed by atoms with E-state index in [1.807, 2.05) is 6.92 Å². The summed E-state index contributed by atoms with van der Waals surface area (Å²) >= 11 is 0. The molecule has 0 aromatic carbocycles. The SMILES string of the molecule is CCN1CC(NC(=O)N(C)CC2(O)CCC2)CC1=O. The van der Waals surface area contributed by atoms with E-state index in [-0.39, 0.29) is 18.0 Å². The van der Waals surface area contributed by atoms with E-state index in [4.69, 9.17) is 0 Å². The van der Waals surface area contributed by atoms with E-state index in [0.29, 0.717) is 26.1 Å². The summed E-state index contributed by atoms with van der Waals surface area (Å²) in [4.78, 5) is 26.8. The predicted molar refractivity (Wildman–Crippen MR) is 70.6 cm³/mol. The van der Waals surface area contributed by atoms with Crippen molar-refractivity contribution in [3.63, 3.8) is 0 Å². The number of nitrogens with zero attached hydrogens (tertiary/aromatic N) is 2. The number of carbonyl (C=O) groups is 2. The lowest BCUT2D eigenvalue weighted by atomic mass is 9.80. The van der Waals surface area contributed by atoms with Crippen molar-refractivity contribution in [1.29, 1.82) is 0 Å². The highest BCUT2D eigenvalue weighted by atomic mass is 16.3. The number of likely N-dealkylation sites (N-methyl/N-ethyl adjacent to an activating group) is 2. The summed E-state index contributed by atoms with van der Waals surface area (Å²) in [5.74, 6) is 0.0908. The van der Waals surface area contributed by atoms with E-state index < -0.39 is 5.60 Å². The standard InChI is InChI=1S/C13H23N3O3/c1-3-16-8-10(7-11(16)17)14-12(18)15(2)9-13(19)5-4-6-13/h10,19H,3-9H2,1-2H3,(H,14,18). The maximum Gasteiger partial charge on any atom is 0.317 e. The number of urea groups is 1. The number of carbonyl (C=O) groups excluding carboxylic acids is 2. The molecule has 1 saturated heterocycles. The third-order valence-corrected chi connectivity index (χ3v) is 4.09. The Hall–Kier alpha value is -1.30. The number of nitrogens with one attached hydrogen (secondary N) is 1. The Balaban J connectivity index is 1.79. The van der Waals surface area contributed by atoms with Crippen LogP contribution < -0.4 is 5.32 Å². The summed E-state index contributed by atoms with van der Waals surface area (Å²) in [7, 11) is 1.68. The summed E-state index contributed by atoms with van der Waals surface area (Å²) in [6, 6.07) is -0.325. The molecule has 2 N–H and O–H groups in total. The average Bonchev–Trinajstić information content (AvgIpc) is 2.67. The molecule has 3 amide bonds. The Morgan fingerprint density at radius 1 is 1.58 bits per heavy atom. The van der Waals surface area contributed by atoms with E-state index >= 15 is 0 Å². The smallest absolute Gasteiger partial charge is 0.317 e. The van der Waals surface area contributed by atoms with Gasteiger partial charge in [0.15, 0.2) is 0 Å². The van der Waals surface area contributed by atoms with Gasteiger partial charge in [-0.3, -0.25) is 4.79 Å². The Morgan fingerprint density at radius 2 is 2.26 bits per heavy atom. The first-order valence-electron chi connectivity index (χ1n) is 6.95. The minimum Gasteiger partial charge on any atom is -0.388 e. The normalized spacial score (nSPS) is 25.1. The molecule has 2 fully saturated rings. The van der Waals surface area contributed by atoms with Gasteiger partial charge in [0.2, 0.25) is 5.91 Å². The monoisotopic (exact) mass is 269 g/mol. The van der Waals surface area contributed by atoms with Gasteiger partial charge in [0.25, 0.3) is 0 Å². The molecule has 6 heteroatoms. The van der Waals surface area contributed by atoms with Gasteiger partial charge in [-0.1, -0.05) is 0 Å². The molecule has 6 nitrogen and oxygen atoms in total. The fourth-order valence-electron chi connectivity index (χ4n) is 2.72. The van der Waals surface area contributed by atoms with Crippen LogP contribution in [0.2, 0.25) is 0 Å². The molecule has 1 unspecified atom stereocenters. The number of aliphatic hydroxyl groups is 1. The molecule has 0 aromatic heterocycles. The highest BCUT2D eigenvalue weighted by Gasteiger charge is 2.37. The van der Waals surface area contributed by atoms with Crippen LogP contribution in [0.25, 0.3) is 0 Å². The summed E-state index contributed by atoms with van der Waals surface area (Å²) in [5.41, 5.74) is -0.701. The van der Waals surface area contributed by atoms with Crippen LogP contribution in [-0.2, 0) is 4.79 Å². The van der Waals surface area contributed by atoms with Crippen LogP contribution >= 0.6 is 0 Å². The van der Waals surface area contributed by atoms with Crippen molar-refractivity contribution in [1.82, 2.24) is 15.1 Å². The van der Waals surface area contributed by atoms with Gasteiger partial charge >= 0.3 is 6.03 Å². The van der Waals surface area contributed by atoms with Gasteiger partial charge in [0, 0.05) is 26.6 Å². The molecule has 0 radical (unpaired) electrons.